The minimum Gasteiger partial charge on any atom is -0.396 e. The van der Waals surface area contributed by atoms with Crippen LogP contribution in [0, 0.1) is 24.6 Å². The molecule has 0 spiro atoms. The molecule has 2 heterocycles. The van der Waals surface area contributed by atoms with E-state index in [0.717, 1.165) is 18.5 Å². The lowest BCUT2D eigenvalue weighted by atomic mass is 9.98. The number of nitrogens with two attached hydrogens (primary N) is 1. The van der Waals surface area contributed by atoms with E-state index in [-0.39, 0.29) is 17.5 Å². The van der Waals surface area contributed by atoms with Crippen LogP contribution in [0.2, 0.25) is 0 Å². The highest BCUT2D eigenvalue weighted by Gasteiger charge is 2.43. The van der Waals surface area contributed by atoms with Crippen LogP contribution in [0.3, 0.4) is 0 Å². The van der Waals surface area contributed by atoms with E-state index < -0.39 is 5.82 Å². The van der Waals surface area contributed by atoms with Gasteiger partial charge >= 0.3 is 0 Å². The van der Waals surface area contributed by atoms with Crippen molar-refractivity contribution < 1.29 is 9.18 Å². The van der Waals surface area contributed by atoms with Gasteiger partial charge in [-0.3, -0.25) is 9.78 Å². The molecule has 4 rings (SSSR count). The molecule has 1 fully saturated rings. The maximum Gasteiger partial charge on any atom is 0.228 e. The molecule has 0 saturated heterocycles. The van der Waals surface area contributed by atoms with E-state index in [9.17, 15) is 9.18 Å². The number of nitrogen functional groups attached to an aromatic ring is 1. The molecule has 2 unspecified atom stereocenters. The second-order valence-electron chi connectivity index (χ2n) is 7.99. The van der Waals surface area contributed by atoms with E-state index >= 15 is 0 Å². The highest BCUT2D eigenvalue weighted by Crippen LogP contribution is 2.40. The number of amides is 1. The average molecular weight is 393 g/mol. The van der Waals surface area contributed by atoms with Gasteiger partial charge in [0.1, 0.15) is 5.82 Å². The molecular weight excluding hydrogens is 369 g/mol. The molecule has 0 bridgehead atoms. The van der Waals surface area contributed by atoms with Crippen LogP contribution in [-0.2, 0) is 4.79 Å². The topological polar surface area (TPSA) is 84.1 Å². The number of hydrogen-bond acceptors (Lipinski definition) is 5. The quantitative estimate of drug-likeness (QED) is 0.649. The summed E-state index contributed by atoms with van der Waals surface area (Å²) in [5.41, 5.74) is 8.07. The van der Waals surface area contributed by atoms with E-state index in [4.69, 9.17) is 5.73 Å². The zero-order valence-corrected chi connectivity index (χ0v) is 16.7. The van der Waals surface area contributed by atoms with Crippen LogP contribution in [0.4, 0.5) is 15.9 Å². The predicted octanol–water partition coefficient (Wildman–Crippen LogP) is 3.46. The smallest absolute Gasteiger partial charge is 0.228 e. The summed E-state index contributed by atoms with van der Waals surface area (Å²) in [6.45, 7) is 2.79. The summed E-state index contributed by atoms with van der Waals surface area (Å²) in [4.78, 5) is 22.9. The summed E-state index contributed by atoms with van der Waals surface area (Å²) in [6.07, 6.45) is 5.69. The molecule has 1 amide bonds. The Bertz CT molecular complexity index is 1100. The highest BCUT2D eigenvalue weighted by molar-refractivity contribution is 6.00. The molecule has 1 aliphatic rings. The third-order valence-corrected chi connectivity index (χ3v) is 5.44. The van der Waals surface area contributed by atoms with E-state index in [1.54, 1.807) is 24.5 Å². The number of halogens is 1. The largest absolute Gasteiger partial charge is 0.396 e. The van der Waals surface area contributed by atoms with Crippen LogP contribution in [0.25, 0.3) is 21.9 Å². The fraction of sp³-hybridized carbons (Fsp3) is 0.318. The Morgan fingerprint density at radius 3 is 2.83 bits per heavy atom. The lowest BCUT2D eigenvalue weighted by molar-refractivity contribution is -0.117. The maximum absolute atomic E-state index is 14.9. The van der Waals surface area contributed by atoms with Crippen LogP contribution < -0.4 is 11.1 Å². The number of hydrogen-bond donors (Lipinski definition) is 2. The normalized spacial score (nSPS) is 18.2. The van der Waals surface area contributed by atoms with Crippen molar-refractivity contribution in [2.75, 3.05) is 31.7 Å². The molecule has 2 atom stereocenters. The number of fused-ring (bicyclic) bond motifs is 1. The number of carbonyl (C=O) groups is 1. The molecule has 1 saturated carbocycles. The first kappa shape index (κ1) is 19.3. The molecule has 0 aliphatic heterocycles. The monoisotopic (exact) mass is 393 g/mol. The first-order valence-corrected chi connectivity index (χ1v) is 9.59. The summed E-state index contributed by atoms with van der Waals surface area (Å²) in [7, 11) is 4.01. The number of nitrogens with zero attached hydrogens (tertiary/aromatic N) is 3. The zero-order chi connectivity index (χ0) is 20.7. The van der Waals surface area contributed by atoms with Gasteiger partial charge in [-0.05, 0) is 62.5 Å². The van der Waals surface area contributed by atoms with Crippen molar-refractivity contribution >= 4 is 28.2 Å². The third kappa shape index (κ3) is 3.78. The van der Waals surface area contributed by atoms with Crippen molar-refractivity contribution in [3.63, 3.8) is 0 Å². The first-order chi connectivity index (χ1) is 13.8. The molecule has 29 heavy (non-hydrogen) atoms. The lowest BCUT2D eigenvalue weighted by Gasteiger charge is -2.13. The van der Waals surface area contributed by atoms with Crippen molar-refractivity contribution in [2.24, 2.45) is 11.8 Å². The number of aryl methyl sites for hydroxylation is 1. The molecule has 2 aromatic heterocycles. The molecule has 3 N–H and O–H groups in total. The lowest BCUT2D eigenvalue weighted by Crippen LogP contribution is -2.20. The van der Waals surface area contributed by atoms with E-state index in [0.29, 0.717) is 33.6 Å². The Morgan fingerprint density at radius 1 is 1.31 bits per heavy atom. The molecule has 1 aromatic carbocycles. The van der Waals surface area contributed by atoms with Gasteiger partial charge in [0.15, 0.2) is 5.82 Å². The summed E-state index contributed by atoms with van der Waals surface area (Å²) in [5, 5.41) is 4.12. The van der Waals surface area contributed by atoms with Gasteiger partial charge in [0.25, 0.3) is 0 Å². The number of carbonyl (C=O) groups excluding carboxylic acids is 1. The van der Waals surface area contributed by atoms with E-state index in [1.165, 1.54) is 6.20 Å². The van der Waals surface area contributed by atoms with Crippen molar-refractivity contribution in [1.29, 1.82) is 0 Å². The molecular formula is C22H24FN5O. The Morgan fingerprint density at radius 2 is 2.10 bits per heavy atom. The van der Waals surface area contributed by atoms with Crippen LogP contribution >= 0.6 is 0 Å². The number of nitrogens with one attached hydrogen (secondary N) is 1. The van der Waals surface area contributed by atoms with Gasteiger partial charge in [0.2, 0.25) is 5.91 Å². The van der Waals surface area contributed by atoms with E-state index in [2.05, 4.69) is 20.2 Å². The first-order valence-electron chi connectivity index (χ1n) is 9.59. The number of anilines is 2. The maximum atomic E-state index is 14.9. The van der Waals surface area contributed by atoms with Gasteiger partial charge in [-0.2, -0.15) is 0 Å². The SMILES string of the molecule is Cc1ccncc1-c1cc2cc(NC(=O)C3CC3CN(C)C)ncc2c(N)c1F. The molecule has 150 valence electrons. The summed E-state index contributed by atoms with van der Waals surface area (Å²) < 4.78 is 14.9. The highest BCUT2D eigenvalue weighted by atomic mass is 19.1. The summed E-state index contributed by atoms with van der Waals surface area (Å²) in [6, 6.07) is 5.29. The summed E-state index contributed by atoms with van der Waals surface area (Å²) >= 11 is 0. The molecule has 1 aliphatic carbocycles. The molecule has 7 heteroatoms. The summed E-state index contributed by atoms with van der Waals surface area (Å²) in [5.74, 6) is 0.328. The van der Waals surface area contributed by atoms with Gasteiger partial charge in [-0.1, -0.05) is 0 Å². The molecule has 3 aromatic rings. The second kappa shape index (κ2) is 7.40. The Hall–Kier alpha value is -3.06. The van der Waals surface area contributed by atoms with Gasteiger partial charge < -0.3 is 16.0 Å². The van der Waals surface area contributed by atoms with Crippen molar-refractivity contribution in [2.45, 2.75) is 13.3 Å². The minimum atomic E-state index is -0.489. The Balaban J connectivity index is 1.64. The van der Waals surface area contributed by atoms with Gasteiger partial charge in [0.05, 0.1) is 5.69 Å². The number of aromatic nitrogens is 2. The van der Waals surface area contributed by atoms with Crippen molar-refractivity contribution in [1.82, 2.24) is 14.9 Å². The van der Waals surface area contributed by atoms with Crippen LogP contribution in [0.15, 0.2) is 36.8 Å². The predicted molar refractivity (Wildman–Crippen MR) is 113 cm³/mol. The fourth-order valence-electron chi connectivity index (χ4n) is 3.77. The zero-order valence-electron chi connectivity index (χ0n) is 16.7. The number of benzene rings is 1. The molecule has 0 radical (unpaired) electrons. The number of pyridine rings is 2. The molecule has 6 nitrogen and oxygen atoms in total. The fourth-order valence-corrected chi connectivity index (χ4v) is 3.77. The second-order valence-corrected chi connectivity index (χ2v) is 7.99. The standard InChI is InChI=1S/C22H24FN5O/c1-12-4-5-25-9-17(12)16-6-13-8-19(26-10-18(13)21(24)20(16)23)27-22(29)15-7-14(15)11-28(2)3/h4-6,8-10,14-15H,7,11,24H2,1-3H3,(H,26,27,29). The van der Waals surface area contributed by atoms with Crippen molar-refractivity contribution in [3.8, 4) is 11.1 Å². The van der Waals surface area contributed by atoms with Gasteiger partial charge in [0, 0.05) is 47.6 Å². The van der Waals surface area contributed by atoms with Crippen molar-refractivity contribution in [3.05, 3.63) is 48.2 Å². The third-order valence-electron chi connectivity index (χ3n) is 5.44. The Kier molecular flexibility index (Phi) is 4.92. The van der Waals surface area contributed by atoms with Gasteiger partial charge in [-0.25, -0.2) is 9.37 Å². The Labute approximate surface area is 168 Å². The van der Waals surface area contributed by atoms with E-state index in [1.807, 2.05) is 27.1 Å². The average Bonchev–Trinajstić information content (AvgIpc) is 3.44. The minimum absolute atomic E-state index is 0.0155. The van der Waals surface area contributed by atoms with Crippen LogP contribution in [-0.4, -0.2) is 41.4 Å². The van der Waals surface area contributed by atoms with Crippen LogP contribution in [0.5, 0.6) is 0 Å². The number of rotatable bonds is 5. The van der Waals surface area contributed by atoms with Gasteiger partial charge in [-0.15, -0.1) is 0 Å². The van der Waals surface area contributed by atoms with Crippen LogP contribution in [0.1, 0.15) is 12.0 Å².